The van der Waals surface area contributed by atoms with Crippen molar-refractivity contribution in [1.29, 1.82) is 0 Å². The predicted octanol–water partition coefficient (Wildman–Crippen LogP) is 6.63. The third kappa shape index (κ3) is 9.07. The zero-order chi connectivity index (χ0) is 18.5. The molecule has 1 fully saturated rings. The number of nitrogen functional groups attached to an aromatic ring is 1. The Kier molecular flexibility index (Phi) is 10.1. The predicted molar refractivity (Wildman–Crippen MR) is 116 cm³/mol. The first-order valence-corrected chi connectivity index (χ1v) is 11.3. The van der Waals surface area contributed by atoms with Crippen molar-refractivity contribution in [3.8, 4) is 0 Å². The maximum absolute atomic E-state index is 5.79. The van der Waals surface area contributed by atoms with Gasteiger partial charge in [0.15, 0.2) is 0 Å². The molecule has 0 unspecified atom stereocenters. The summed E-state index contributed by atoms with van der Waals surface area (Å²) in [4.78, 5) is 0. The van der Waals surface area contributed by atoms with Crippen molar-refractivity contribution in [2.45, 2.75) is 109 Å². The fraction of sp³-hybridized carbons (Fsp3) is 0.750. The largest absolute Gasteiger partial charge is 0.399 e. The van der Waals surface area contributed by atoms with Gasteiger partial charge in [-0.1, -0.05) is 89.2 Å². The Balaban J connectivity index is 1.78. The lowest BCUT2D eigenvalue weighted by Crippen LogP contribution is -2.43. The van der Waals surface area contributed by atoms with Crippen LogP contribution in [-0.2, 0) is 6.42 Å². The van der Waals surface area contributed by atoms with E-state index in [2.05, 4.69) is 24.4 Å². The van der Waals surface area contributed by atoms with Gasteiger partial charge in [0.25, 0.3) is 0 Å². The Labute approximate surface area is 162 Å². The summed E-state index contributed by atoms with van der Waals surface area (Å²) >= 11 is 0. The van der Waals surface area contributed by atoms with Crippen LogP contribution in [0, 0.1) is 0 Å². The summed E-state index contributed by atoms with van der Waals surface area (Å²) in [6.07, 6.45) is 20.9. The minimum absolute atomic E-state index is 0.313. The molecule has 1 aromatic carbocycles. The molecule has 0 spiro atoms. The van der Waals surface area contributed by atoms with Crippen molar-refractivity contribution in [1.82, 2.24) is 5.32 Å². The Morgan fingerprint density at radius 3 is 1.62 bits per heavy atom. The number of nitrogens with one attached hydrogen (secondary N) is 1. The second-order valence-corrected chi connectivity index (χ2v) is 8.72. The lowest BCUT2D eigenvalue weighted by Gasteiger charge is -2.32. The van der Waals surface area contributed by atoms with Crippen LogP contribution < -0.4 is 11.1 Å². The van der Waals surface area contributed by atoms with Gasteiger partial charge < -0.3 is 11.1 Å². The minimum atomic E-state index is 0.313. The van der Waals surface area contributed by atoms with Crippen LogP contribution in [-0.4, -0.2) is 12.1 Å². The first-order valence-electron chi connectivity index (χ1n) is 11.3. The number of hydrogen-bond donors (Lipinski definition) is 2. The van der Waals surface area contributed by atoms with Gasteiger partial charge in [-0.25, -0.2) is 0 Å². The van der Waals surface area contributed by atoms with Gasteiger partial charge in [0, 0.05) is 11.2 Å². The highest BCUT2D eigenvalue weighted by Crippen LogP contribution is 2.24. The van der Waals surface area contributed by atoms with E-state index in [-0.39, 0.29) is 0 Å². The molecule has 0 heterocycles. The highest BCUT2D eigenvalue weighted by atomic mass is 15.0. The maximum Gasteiger partial charge on any atom is 0.0314 e. The molecule has 0 amide bonds. The second-order valence-electron chi connectivity index (χ2n) is 8.72. The van der Waals surface area contributed by atoms with Crippen molar-refractivity contribution < 1.29 is 0 Å². The van der Waals surface area contributed by atoms with Crippen molar-refractivity contribution in [3.63, 3.8) is 0 Å². The molecule has 1 aliphatic rings. The molecule has 1 saturated carbocycles. The van der Waals surface area contributed by atoms with Crippen LogP contribution in [0.25, 0.3) is 0 Å². The smallest absolute Gasteiger partial charge is 0.0314 e. The Bertz CT molecular complexity index is 450. The van der Waals surface area contributed by atoms with Crippen LogP contribution in [0.1, 0.15) is 102 Å². The first kappa shape index (κ1) is 21.3. The zero-order valence-corrected chi connectivity index (χ0v) is 17.2. The van der Waals surface area contributed by atoms with E-state index >= 15 is 0 Å². The molecule has 0 aromatic heterocycles. The highest BCUT2D eigenvalue weighted by Gasteiger charge is 2.22. The summed E-state index contributed by atoms with van der Waals surface area (Å²) in [6, 6.07) is 8.36. The minimum Gasteiger partial charge on any atom is -0.399 e. The van der Waals surface area contributed by atoms with Crippen molar-refractivity contribution in [2.75, 3.05) is 12.3 Å². The SMILES string of the molecule is CC1(NCCc2ccc(N)cc2)CCCCCCCCCCCCCC1. The van der Waals surface area contributed by atoms with Crippen LogP contribution in [0.4, 0.5) is 5.69 Å². The van der Waals surface area contributed by atoms with Gasteiger partial charge in [-0.05, 0) is 50.4 Å². The Morgan fingerprint density at radius 2 is 1.15 bits per heavy atom. The maximum atomic E-state index is 5.79. The third-order valence-electron chi connectivity index (χ3n) is 6.15. The number of benzene rings is 1. The topological polar surface area (TPSA) is 38.0 Å². The van der Waals surface area contributed by atoms with E-state index in [4.69, 9.17) is 5.73 Å². The molecule has 1 aromatic rings. The zero-order valence-electron chi connectivity index (χ0n) is 17.2. The standard InChI is InChI=1S/C24H42N2/c1-24(26-21-18-22-14-16-23(25)17-15-22)19-12-10-8-6-4-2-3-5-7-9-11-13-20-24/h14-17,26H,2-13,18-21,25H2,1H3. The lowest BCUT2D eigenvalue weighted by atomic mass is 9.88. The van der Waals surface area contributed by atoms with Crippen LogP contribution in [0.5, 0.6) is 0 Å². The molecule has 0 saturated heterocycles. The number of anilines is 1. The van der Waals surface area contributed by atoms with E-state index in [1.807, 2.05) is 12.1 Å². The quantitative estimate of drug-likeness (QED) is 0.592. The van der Waals surface area contributed by atoms with Gasteiger partial charge in [-0.3, -0.25) is 0 Å². The Hall–Kier alpha value is -1.02. The van der Waals surface area contributed by atoms with Crippen LogP contribution in [0.3, 0.4) is 0 Å². The van der Waals surface area contributed by atoms with Crippen molar-refractivity contribution in [3.05, 3.63) is 29.8 Å². The van der Waals surface area contributed by atoms with Gasteiger partial charge in [0.05, 0.1) is 0 Å². The summed E-state index contributed by atoms with van der Waals surface area (Å²) in [5.74, 6) is 0. The van der Waals surface area contributed by atoms with Gasteiger partial charge in [0.2, 0.25) is 0 Å². The Morgan fingerprint density at radius 1 is 0.731 bits per heavy atom. The monoisotopic (exact) mass is 358 g/mol. The van der Waals surface area contributed by atoms with Crippen LogP contribution in [0.15, 0.2) is 24.3 Å². The van der Waals surface area contributed by atoms with E-state index in [9.17, 15) is 0 Å². The molecule has 2 nitrogen and oxygen atoms in total. The first-order chi connectivity index (χ1) is 12.7. The van der Waals surface area contributed by atoms with Gasteiger partial charge in [0.1, 0.15) is 0 Å². The lowest BCUT2D eigenvalue weighted by molar-refractivity contribution is 0.289. The van der Waals surface area contributed by atoms with Gasteiger partial charge in [-0.2, -0.15) is 0 Å². The molecular formula is C24H42N2. The van der Waals surface area contributed by atoms with E-state index in [1.54, 1.807) is 0 Å². The molecule has 0 radical (unpaired) electrons. The molecule has 1 aliphatic carbocycles. The molecule has 148 valence electrons. The van der Waals surface area contributed by atoms with Gasteiger partial charge in [-0.15, -0.1) is 0 Å². The highest BCUT2D eigenvalue weighted by molar-refractivity contribution is 5.39. The van der Waals surface area contributed by atoms with Gasteiger partial charge >= 0.3 is 0 Å². The van der Waals surface area contributed by atoms with E-state index in [0.29, 0.717) is 5.54 Å². The molecule has 3 N–H and O–H groups in total. The average molecular weight is 359 g/mol. The molecule has 0 atom stereocenters. The summed E-state index contributed by atoms with van der Waals surface area (Å²) in [5.41, 5.74) is 8.34. The summed E-state index contributed by atoms with van der Waals surface area (Å²) in [6.45, 7) is 3.54. The molecule has 2 heteroatoms. The van der Waals surface area contributed by atoms with Crippen LogP contribution in [0.2, 0.25) is 0 Å². The van der Waals surface area contributed by atoms with Crippen molar-refractivity contribution in [2.24, 2.45) is 0 Å². The van der Waals surface area contributed by atoms with Crippen LogP contribution >= 0.6 is 0 Å². The van der Waals surface area contributed by atoms with E-state index < -0.39 is 0 Å². The normalized spacial score (nSPS) is 20.8. The molecule has 0 aliphatic heterocycles. The van der Waals surface area contributed by atoms with E-state index in [0.717, 1.165) is 18.7 Å². The summed E-state index contributed by atoms with van der Waals surface area (Å²) < 4.78 is 0. The molecular weight excluding hydrogens is 316 g/mol. The molecule has 2 rings (SSSR count). The fourth-order valence-corrected chi connectivity index (χ4v) is 4.29. The number of hydrogen-bond acceptors (Lipinski definition) is 2. The average Bonchev–Trinajstić information content (AvgIpc) is 2.64. The van der Waals surface area contributed by atoms with Crippen molar-refractivity contribution >= 4 is 5.69 Å². The fourth-order valence-electron chi connectivity index (χ4n) is 4.29. The molecule has 26 heavy (non-hydrogen) atoms. The number of rotatable bonds is 4. The summed E-state index contributed by atoms with van der Waals surface area (Å²) in [7, 11) is 0. The second kappa shape index (κ2) is 12.4. The molecule has 0 bridgehead atoms. The third-order valence-corrected chi connectivity index (χ3v) is 6.15. The van der Waals surface area contributed by atoms with E-state index in [1.165, 1.54) is 95.5 Å². The number of nitrogens with two attached hydrogens (primary N) is 1. The summed E-state index contributed by atoms with van der Waals surface area (Å²) in [5, 5.41) is 3.92.